The van der Waals surface area contributed by atoms with Crippen molar-refractivity contribution in [1.82, 2.24) is 25.4 Å². The Bertz CT molecular complexity index is 920. The van der Waals surface area contributed by atoms with Crippen LogP contribution in [0, 0.1) is 0 Å². The number of halogens is 1. The predicted octanol–water partition coefficient (Wildman–Crippen LogP) is 3.63. The molecule has 1 unspecified atom stereocenters. The van der Waals surface area contributed by atoms with Crippen LogP contribution in [0.5, 0.6) is 0 Å². The fourth-order valence-corrected chi connectivity index (χ4v) is 4.18. The smallest absolute Gasteiger partial charge is 0.321 e. The number of amides is 3. The third-order valence-electron chi connectivity index (χ3n) is 4.48. The highest BCUT2D eigenvalue weighted by Crippen LogP contribution is 2.33. The maximum atomic E-state index is 12.5. The molecular formula is C20H27ClN6O2S. The van der Waals surface area contributed by atoms with Gasteiger partial charge in [0.15, 0.2) is 5.16 Å². The highest BCUT2D eigenvalue weighted by Gasteiger charge is 2.27. The van der Waals surface area contributed by atoms with E-state index in [-0.39, 0.29) is 0 Å². The van der Waals surface area contributed by atoms with E-state index in [1.165, 1.54) is 11.8 Å². The lowest BCUT2D eigenvalue weighted by Crippen LogP contribution is -2.49. The van der Waals surface area contributed by atoms with Crippen molar-refractivity contribution < 1.29 is 9.59 Å². The lowest BCUT2D eigenvalue weighted by molar-refractivity contribution is -0.119. The van der Waals surface area contributed by atoms with Gasteiger partial charge in [0, 0.05) is 18.6 Å². The molecule has 1 aromatic heterocycles. The molecule has 0 spiro atoms. The monoisotopic (exact) mass is 450 g/mol. The number of aromatic nitrogens is 3. The second kappa shape index (κ2) is 9.26. The minimum absolute atomic E-state index is 0.404. The summed E-state index contributed by atoms with van der Waals surface area (Å²) < 4.78 is 1.89. The molecule has 1 fully saturated rings. The number of hydrogen-bond donors (Lipinski definition) is 2. The van der Waals surface area contributed by atoms with Crippen molar-refractivity contribution in [3.05, 3.63) is 29.3 Å². The summed E-state index contributed by atoms with van der Waals surface area (Å²) in [5.74, 6) is 0.305. The van der Waals surface area contributed by atoms with Crippen LogP contribution in [0.2, 0.25) is 5.02 Å². The van der Waals surface area contributed by atoms with Gasteiger partial charge in [-0.25, -0.2) is 4.79 Å². The van der Waals surface area contributed by atoms with Gasteiger partial charge in [0.05, 0.1) is 16.0 Å². The van der Waals surface area contributed by atoms with Crippen molar-refractivity contribution in [1.29, 1.82) is 0 Å². The van der Waals surface area contributed by atoms with Gasteiger partial charge in [0.1, 0.15) is 0 Å². The molecule has 2 aromatic rings. The summed E-state index contributed by atoms with van der Waals surface area (Å²) in [4.78, 5) is 26.7. The maximum Gasteiger partial charge on any atom is 0.321 e. The van der Waals surface area contributed by atoms with Gasteiger partial charge in [-0.2, -0.15) is 0 Å². The minimum Gasteiger partial charge on any atom is -0.341 e. The van der Waals surface area contributed by atoms with E-state index >= 15 is 0 Å². The van der Waals surface area contributed by atoms with E-state index in [4.69, 9.17) is 11.6 Å². The predicted molar refractivity (Wildman–Crippen MR) is 120 cm³/mol. The molecule has 1 aliphatic rings. The van der Waals surface area contributed by atoms with Gasteiger partial charge >= 0.3 is 6.03 Å². The highest BCUT2D eigenvalue weighted by atomic mass is 35.5. The molecule has 1 atom stereocenters. The summed E-state index contributed by atoms with van der Waals surface area (Å²) in [6.45, 7) is 9.07. The summed E-state index contributed by atoms with van der Waals surface area (Å²) in [5, 5.41) is 14.4. The Hall–Kier alpha value is -2.26. The number of hydrogen-bond acceptors (Lipinski definition) is 6. The molecule has 0 bridgehead atoms. The Labute approximate surface area is 185 Å². The molecular weight excluding hydrogens is 424 g/mol. The molecule has 0 aliphatic carbocycles. The molecule has 3 amide bonds. The number of urea groups is 1. The molecule has 0 saturated carbocycles. The topological polar surface area (TPSA) is 92.2 Å². The standard InChI is InChI=1S/C20H27ClN6O2S/c1-13(16(28)22-17(29)23-20(2,3)4)30-19-25-24-18(26-11-7-8-12-26)27(19)15-10-6-5-9-14(15)21/h5-6,9-10,13H,7-8,11-12H2,1-4H3,(H2,22,23,28,29). The number of carbonyl (C=O) groups excluding carboxylic acids is 2. The second-order valence-corrected chi connectivity index (χ2v) is 9.93. The van der Waals surface area contributed by atoms with Gasteiger partial charge in [-0.3, -0.25) is 14.7 Å². The molecule has 1 aliphatic heterocycles. The number of para-hydroxylation sites is 1. The van der Waals surface area contributed by atoms with E-state index in [0.717, 1.165) is 31.6 Å². The van der Waals surface area contributed by atoms with Gasteiger partial charge in [0.2, 0.25) is 11.9 Å². The number of carbonyl (C=O) groups is 2. The zero-order valence-corrected chi connectivity index (χ0v) is 19.2. The third kappa shape index (κ3) is 5.46. The summed E-state index contributed by atoms with van der Waals surface area (Å²) in [6, 6.07) is 6.95. The number of thioether (sulfide) groups is 1. The molecule has 2 heterocycles. The molecule has 3 rings (SSSR count). The molecule has 162 valence electrons. The van der Waals surface area contributed by atoms with Crippen LogP contribution in [0.3, 0.4) is 0 Å². The van der Waals surface area contributed by atoms with Crippen molar-refractivity contribution >= 4 is 41.2 Å². The second-order valence-electron chi connectivity index (χ2n) is 8.22. The number of nitrogens with zero attached hydrogens (tertiary/aromatic N) is 4. The van der Waals surface area contributed by atoms with E-state index in [0.29, 0.717) is 16.1 Å². The van der Waals surface area contributed by atoms with Crippen molar-refractivity contribution in [2.45, 2.75) is 56.5 Å². The van der Waals surface area contributed by atoms with Crippen LogP contribution < -0.4 is 15.5 Å². The zero-order valence-electron chi connectivity index (χ0n) is 17.6. The van der Waals surface area contributed by atoms with Gasteiger partial charge in [-0.1, -0.05) is 35.5 Å². The third-order valence-corrected chi connectivity index (χ3v) is 5.84. The van der Waals surface area contributed by atoms with E-state index < -0.39 is 22.7 Å². The van der Waals surface area contributed by atoms with Gasteiger partial charge in [0.25, 0.3) is 0 Å². The first-order chi connectivity index (χ1) is 14.2. The van der Waals surface area contributed by atoms with Gasteiger partial charge in [-0.15, -0.1) is 10.2 Å². The van der Waals surface area contributed by atoms with E-state index in [1.54, 1.807) is 6.92 Å². The number of rotatable bonds is 5. The molecule has 30 heavy (non-hydrogen) atoms. The number of anilines is 1. The van der Waals surface area contributed by atoms with Crippen LogP contribution >= 0.6 is 23.4 Å². The summed E-state index contributed by atoms with van der Waals surface area (Å²) >= 11 is 7.69. The Balaban J connectivity index is 1.83. The molecule has 1 aromatic carbocycles. The largest absolute Gasteiger partial charge is 0.341 e. The average molecular weight is 451 g/mol. The van der Waals surface area contributed by atoms with Crippen LogP contribution in [0.15, 0.2) is 29.4 Å². The minimum atomic E-state index is -0.562. The Morgan fingerprint density at radius 1 is 1.17 bits per heavy atom. The van der Waals surface area contributed by atoms with Crippen LogP contribution in [-0.4, -0.2) is 50.6 Å². The van der Waals surface area contributed by atoms with Crippen molar-refractivity contribution in [3.8, 4) is 5.69 Å². The average Bonchev–Trinajstić information content (AvgIpc) is 3.30. The van der Waals surface area contributed by atoms with Gasteiger partial charge < -0.3 is 10.2 Å². The SMILES string of the molecule is CC(Sc1nnc(N2CCCC2)n1-c1ccccc1Cl)C(=O)NC(=O)NC(C)(C)C. The molecule has 0 radical (unpaired) electrons. The number of nitrogens with one attached hydrogen (secondary N) is 2. The Morgan fingerprint density at radius 3 is 2.47 bits per heavy atom. The fourth-order valence-electron chi connectivity index (χ4n) is 3.10. The highest BCUT2D eigenvalue weighted by molar-refractivity contribution is 8.00. The first-order valence-electron chi connectivity index (χ1n) is 9.90. The van der Waals surface area contributed by atoms with E-state index in [9.17, 15) is 9.59 Å². The van der Waals surface area contributed by atoms with Crippen LogP contribution in [0.1, 0.15) is 40.5 Å². The van der Waals surface area contributed by atoms with Crippen molar-refractivity contribution in [3.63, 3.8) is 0 Å². The summed E-state index contributed by atoms with van der Waals surface area (Å²) in [7, 11) is 0. The fraction of sp³-hybridized carbons (Fsp3) is 0.500. The molecule has 8 nitrogen and oxygen atoms in total. The van der Waals surface area contributed by atoms with Gasteiger partial charge in [-0.05, 0) is 52.7 Å². The summed E-state index contributed by atoms with van der Waals surface area (Å²) in [5.41, 5.74) is 0.321. The van der Waals surface area contributed by atoms with E-state index in [2.05, 4.69) is 25.7 Å². The van der Waals surface area contributed by atoms with Crippen molar-refractivity contribution in [2.24, 2.45) is 0 Å². The van der Waals surface area contributed by atoms with Crippen LogP contribution in [-0.2, 0) is 4.79 Å². The lowest BCUT2D eigenvalue weighted by atomic mass is 10.1. The lowest BCUT2D eigenvalue weighted by Gasteiger charge is -2.21. The van der Waals surface area contributed by atoms with E-state index in [1.807, 2.05) is 49.6 Å². The Kier molecular flexibility index (Phi) is 6.92. The van der Waals surface area contributed by atoms with Crippen molar-refractivity contribution in [2.75, 3.05) is 18.0 Å². The number of imide groups is 1. The summed E-state index contributed by atoms with van der Waals surface area (Å²) in [6.07, 6.45) is 2.19. The van der Waals surface area contributed by atoms with Crippen LogP contribution in [0.25, 0.3) is 5.69 Å². The Morgan fingerprint density at radius 2 is 1.83 bits per heavy atom. The quantitative estimate of drug-likeness (QED) is 0.676. The molecule has 10 heteroatoms. The molecule has 2 N–H and O–H groups in total. The first-order valence-corrected chi connectivity index (χ1v) is 11.2. The normalized spacial score (nSPS) is 15.2. The van der Waals surface area contributed by atoms with Crippen LogP contribution in [0.4, 0.5) is 10.7 Å². The zero-order chi connectivity index (χ0) is 21.9. The maximum absolute atomic E-state index is 12.5. The molecule has 1 saturated heterocycles. The number of benzene rings is 1. The first kappa shape index (κ1) is 22.4.